The van der Waals surface area contributed by atoms with Crippen molar-refractivity contribution >= 4 is 0 Å². The second-order valence-corrected chi connectivity index (χ2v) is 5.67. The van der Waals surface area contributed by atoms with Crippen LogP contribution in [0.5, 0.6) is 0 Å². The lowest BCUT2D eigenvalue weighted by Crippen LogP contribution is -2.24. The molecule has 1 unspecified atom stereocenters. The maximum Gasteiger partial charge on any atom is 0.138 e. The van der Waals surface area contributed by atoms with Gasteiger partial charge in [0.05, 0.1) is 0 Å². The molecule has 0 saturated heterocycles. The van der Waals surface area contributed by atoms with Crippen molar-refractivity contribution in [3.63, 3.8) is 0 Å². The van der Waals surface area contributed by atoms with E-state index >= 15 is 0 Å². The van der Waals surface area contributed by atoms with E-state index in [4.69, 9.17) is 0 Å². The molecule has 0 aliphatic carbocycles. The van der Waals surface area contributed by atoms with Crippen LogP contribution in [0.25, 0.3) is 0 Å². The van der Waals surface area contributed by atoms with Gasteiger partial charge in [0.25, 0.3) is 0 Å². The van der Waals surface area contributed by atoms with Gasteiger partial charge in [-0.25, -0.2) is 14.1 Å². The molecule has 1 aromatic heterocycles. The molecule has 2 rings (SSSR count). The van der Waals surface area contributed by atoms with Crippen molar-refractivity contribution in [3.8, 4) is 0 Å². The van der Waals surface area contributed by atoms with Gasteiger partial charge in [-0.3, -0.25) is 0 Å². The molecule has 1 N–H and O–H groups in total. The van der Waals surface area contributed by atoms with Crippen molar-refractivity contribution in [1.29, 1.82) is 0 Å². The van der Waals surface area contributed by atoms with Gasteiger partial charge in [-0.1, -0.05) is 12.1 Å². The van der Waals surface area contributed by atoms with E-state index in [0.717, 1.165) is 30.8 Å². The fraction of sp³-hybridized carbons (Fsp3) is 0.500. The first-order valence-electron chi connectivity index (χ1n) is 7.37. The molecule has 0 aliphatic heterocycles. The van der Waals surface area contributed by atoms with Gasteiger partial charge in [-0.05, 0) is 57.5 Å². The molecule has 1 aromatic carbocycles. The van der Waals surface area contributed by atoms with E-state index in [1.807, 2.05) is 23.9 Å². The van der Waals surface area contributed by atoms with Gasteiger partial charge in [0.1, 0.15) is 18.0 Å². The van der Waals surface area contributed by atoms with Crippen LogP contribution >= 0.6 is 0 Å². The summed E-state index contributed by atoms with van der Waals surface area (Å²) in [5, 5.41) is 7.51. The Labute approximate surface area is 125 Å². The maximum atomic E-state index is 13.0. The van der Waals surface area contributed by atoms with Gasteiger partial charge in [-0.15, -0.1) is 0 Å². The highest BCUT2D eigenvalue weighted by molar-refractivity contribution is 5.17. The van der Waals surface area contributed by atoms with Gasteiger partial charge in [-0.2, -0.15) is 5.10 Å². The third kappa shape index (κ3) is 4.36. The number of halogens is 1. The van der Waals surface area contributed by atoms with Gasteiger partial charge in [0, 0.05) is 12.5 Å². The molecule has 0 spiro atoms. The minimum absolute atomic E-state index is 0.191. The second kappa shape index (κ2) is 7.31. The van der Waals surface area contributed by atoms with Crippen LogP contribution in [-0.2, 0) is 12.8 Å². The number of hydrogen-bond acceptors (Lipinski definition) is 3. The minimum Gasteiger partial charge on any atom is -0.319 e. The van der Waals surface area contributed by atoms with E-state index in [0.29, 0.717) is 12.0 Å². The summed E-state index contributed by atoms with van der Waals surface area (Å²) < 4.78 is 15.0. The zero-order valence-corrected chi connectivity index (χ0v) is 12.9. The standard InChI is InChI=1S/C16H23FN4/c1-12(2)21-16(19-11-20-21)9-14(10-18-3)8-13-4-6-15(17)7-5-13/h4-7,11-12,14,18H,8-10H2,1-3H3. The lowest BCUT2D eigenvalue weighted by Gasteiger charge is -2.18. The molecule has 0 saturated carbocycles. The molecule has 0 radical (unpaired) electrons. The van der Waals surface area contributed by atoms with Crippen LogP contribution in [0.15, 0.2) is 30.6 Å². The van der Waals surface area contributed by atoms with E-state index in [2.05, 4.69) is 29.2 Å². The molecule has 0 amide bonds. The monoisotopic (exact) mass is 290 g/mol. The molecule has 0 bridgehead atoms. The Kier molecular flexibility index (Phi) is 5.44. The predicted molar refractivity (Wildman–Crippen MR) is 81.6 cm³/mol. The van der Waals surface area contributed by atoms with E-state index in [1.54, 1.807) is 6.33 Å². The van der Waals surface area contributed by atoms with Crippen molar-refractivity contribution in [2.45, 2.75) is 32.7 Å². The maximum absolute atomic E-state index is 13.0. The average molecular weight is 290 g/mol. The number of rotatable bonds is 7. The number of nitrogens with one attached hydrogen (secondary N) is 1. The molecule has 0 aliphatic rings. The number of nitrogens with zero attached hydrogens (tertiary/aromatic N) is 3. The molecule has 4 nitrogen and oxygen atoms in total. The first kappa shape index (κ1) is 15.6. The summed E-state index contributed by atoms with van der Waals surface area (Å²) in [6, 6.07) is 7.05. The number of hydrogen-bond donors (Lipinski definition) is 1. The largest absolute Gasteiger partial charge is 0.319 e. The SMILES string of the molecule is CNCC(Cc1ccc(F)cc1)Cc1ncnn1C(C)C. The van der Waals surface area contributed by atoms with Crippen LogP contribution in [0.2, 0.25) is 0 Å². The normalized spacial score (nSPS) is 12.8. The molecule has 1 heterocycles. The van der Waals surface area contributed by atoms with E-state index in [1.165, 1.54) is 12.1 Å². The first-order chi connectivity index (χ1) is 10.1. The molecule has 1 atom stereocenters. The quantitative estimate of drug-likeness (QED) is 0.852. The van der Waals surface area contributed by atoms with Crippen molar-refractivity contribution in [1.82, 2.24) is 20.1 Å². The predicted octanol–water partition coefficient (Wildman–Crippen LogP) is 2.62. The Balaban J connectivity index is 2.08. The summed E-state index contributed by atoms with van der Waals surface area (Å²) in [7, 11) is 1.95. The van der Waals surface area contributed by atoms with Crippen LogP contribution in [0.4, 0.5) is 4.39 Å². The number of aromatic nitrogens is 3. The molecule has 2 aromatic rings. The highest BCUT2D eigenvalue weighted by atomic mass is 19.1. The summed E-state index contributed by atoms with van der Waals surface area (Å²) in [4.78, 5) is 4.38. The highest BCUT2D eigenvalue weighted by Gasteiger charge is 2.15. The average Bonchev–Trinajstić information content (AvgIpc) is 2.90. The summed E-state index contributed by atoms with van der Waals surface area (Å²) in [6.07, 6.45) is 3.37. The molecular formula is C16H23FN4. The Morgan fingerprint density at radius 3 is 2.52 bits per heavy atom. The Morgan fingerprint density at radius 1 is 1.19 bits per heavy atom. The van der Waals surface area contributed by atoms with Crippen molar-refractivity contribution < 1.29 is 4.39 Å². The molecular weight excluding hydrogens is 267 g/mol. The van der Waals surface area contributed by atoms with Crippen LogP contribution in [0, 0.1) is 11.7 Å². The van der Waals surface area contributed by atoms with Crippen molar-refractivity contribution in [2.24, 2.45) is 5.92 Å². The van der Waals surface area contributed by atoms with Crippen LogP contribution < -0.4 is 5.32 Å². The summed E-state index contributed by atoms with van der Waals surface area (Å²) in [5.41, 5.74) is 1.15. The zero-order valence-electron chi connectivity index (χ0n) is 12.9. The minimum atomic E-state index is -0.191. The number of benzene rings is 1. The Hall–Kier alpha value is -1.75. The Bertz CT molecular complexity index is 548. The summed E-state index contributed by atoms with van der Waals surface area (Å²) >= 11 is 0. The molecule has 0 fully saturated rings. The first-order valence-corrected chi connectivity index (χ1v) is 7.37. The van der Waals surface area contributed by atoms with Crippen molar-refractivity contribution in [3.05, 3.63) is 47.8 Å². The molecule has 114 valence electrons. The van der Waals surface area contributed by atoms with E-state index in [-0.39, 0.29) is 5.82 Å². The topological polar surface area (TPSA) is 42.7 Å². The summed E-state index contributed by atoms with van der Waals surface area (Å²) in [6.45, 7) is 5.10. The van der Waals surface area contributed by atoms with E-state index in [9.17, 15) is 4.39 Å². The lowest BCUT2D eigenvalue weighted by atomic mass is 9.95. The van der Waals surface area contributed by atoms with Crippen LogP contribution in [0.3, 0.4) is 0 Å². The van der Waals surface area contributed by atoms with Gasteiger partial charge >= 0.3 is 0 Å². The van der Waals surface area contributed by atoms with E-state index < -0.39 is 0 Å². The van der Waals surface area contributed by atoms with Crippen LogP contribution in [0.1, 0.15) is 31.3 Å². The smallest absolute Gasteiger partial charge is 0.138 e. The fourth-order valence-electron chi connectivity index (χ4n) is 2.57. The molecule has 21 heavy (non-hydrogen) atoms. The van der Waals surface area contributed by atoms with Crippen LogP contribution in [-0.4, -0.2) is 28.4 Å². The summed E-state index contributed by atoms with van der Waals surface area (Å²) in [5.74, 6) is 1.22. The second-order valence-electron chi connectivity index (χ2n) is 5.67. The molecule has 5 heteroatoms. The van der Waals surface area contributed by atoms with Gasteiger partial charge in [0.2, 0.25) is 0 Å². The zero-order chi connectivity index (χ0) is 15.2. The third-order valence-electron chi connectivity index (χ3n) is 3.54. The van der Waals surface area contributed by atoms with Gasteiger partial charge in [0.15, 0.2) is 0 Å². The third-order valence-corrected chi connectivity index (χ3v) is 3.54. The fourth-order valence-corrected chi connectivity index (χ4v) is 2.57. The Morgan fingerprint density at radius 2 is 1.90 bits per heavy atom. The highest BCUT2D eigenvalue weighted by Crippen LogP contribution is 2.15. The van der Waals surface area contributed by atoms with Gasteiger partial charge < -0.3 is 5.32 Å². The van der Waals surface area contributed by atoms with Crippen molar-refractivity contribution in [2.75, 3.05) is 13.6 Å². The lowest BCUT2D eigenvalue weighted by molar-refractivity contribution is 0.440.